The number of carboxylic acid groups (broad SMARTS) is 1. The lowest BCUT2D eigenvalue weighted by Crippen LogP contribution is -2.35. The highest BCUT2D eigenvalue weighted by molar-refractivity contribution is 5.95. The van der Waals surface area contributed by atoms with Crippen LogP contribution in [0.2, 0.25) is 0 Å². The van der Waals surface area contributed by atoms with E-state index in [-0.39, 0.29) is 12.5 Å². The van der Waals surface area contributed by atoms with E-state index in [9.17, 15) is 9.59 Å². The molecule has 1 aromatic rings. The zero-order valence-corrected chi connectivity index (χ0v) is 13.0. The summed E-state index contributed by atoms with van der Waals surface area (Å²) in [6.07, 6.45) is 5.51. The van der Waals surface area contributed by atoms with Crippen molar-refractivity contribution >= 4 is 17.6 Å². The number of anilines is 1. The molecule has 5 heteroatoms. The van der Waals surface area contributed by atoms with Gasteiger partial charge in [-0.1, -0.05) is 25.8 Å². The van der Waals surface area contributed by atoms with Gasteiger partial charge in [0.15, 0.2) is 0 Å². The second-order valence-electron chi connectivity index (χ2n) is 5.76. The van der Waals surface area contributed by atoms with E-state index in [1.54, 1.807) is 24.3 Å². The number of nitrogens with zero attached hydrogens (tertiary/aromatic N) is 1. The Hall–Kier alpha value is -2.04. The van der Waals surface area contributed by atoms with Crippen LogP contribution in [0.25, 0.3) is 0 Å². The van der Waals surface area contributed by atoms with Crippen LogP contribution in [0, 0.1) is 0 Å². The fraction of sp³-hybridized carbons (Fsp3) is 0.529. The van der Waals surface area contributed by atoms with E-state index >= 15 is 0 Å². The van der Waals surface area contributed by atoms with Gasteiger partial charge in [-0.15, -0.1) is 0 Å². The standard InChI is InChI=1S/C17H24N2O3/c1-2-3-8-15-9-5-10-19(15)17(22)13-6-4-7-14(11-13)18-12-16(20)21/h4,6-7,11,15,18H,2-3,5,8-10,12H2,1H3,(H,20,21)/t15-/m1/s1. The summed E-state index contributed by atoms with van der Waals surface area (Å²) in [5.41, 5.74) is 1.29. The predicted molar refractivity (Wildman–Crippen MR) is 86.2 cm³/mol. The quantitative estimate of drug-likeness (QED) is 0.812. The van der Waals surface area contributed by atoms with Crippen LogP contribution in [-0.4, -0.2) is 41.0 Å². The Balaban J connectivity index is 2.05. The Morgan fingerprint density at radius 1 is 1.41 bits per heavy atom. The average molecular weight is 304 g/mol. The van der Waals surface area contributed by atoms with Gasteiger partial charge in [-0.3, -0.25) is 9.59 Å². The molecule has 1 atom stereocenters. The smallest absolute Gasteiger partial charge is 0.322 e. The molecule has 22 heavy (non-hydrogen) atoms. The summed E-state index contributed by atoms with van der Waals surface area (Å²) in [7, 11) is 0. The number of amides is 1. The van der Waals surface area contributed by atoms with Gasteiger partial charge in [0.05, 0.1) is 0 Å². The maximum Gasteiger partial charge on any atom is 0.322 e. The van der Waals surface area contributed by atoms with Gasteiger partial charge in [-0.05, 0) is 37.5 Å². The molecule has 5 nitrogen and oxygen atoms in total. The van der Waals surface area contributed by atoms with Crippen molar-refractivity contribution in [2.24, 2.45) is 0 Å². The van der Waals surface area contributed by atoms with Crippen LogP contribution in [0.15, 0.2) is 24.3 Å². The molecule has 0 aliphatic carbocycles. The van der Waals surface area contributed by atoms with E-state index in [1.165, 1.54) is 0 Å². The molecule has 1 heterocycles. The SMILES string of the molecule is CCCC[C@@H]1CCCN1C(=O)c1cccc(NCC(=O)O)c1. The van der Waals surface area contributed by atoms with E-state index in [2.05, 4.69) is 12.2 Å². The van der Waals surface area contributed by atoms with Crippen molar-refractivity contribution in [2.45, 2.75) is 45.1 Å². The van der Waals surface area contributed by atoms with Gasteiger partial charge >= 0.3 is 5.97 Å². The molecular formula is C17H24N2O3. The fourth-order valence-corrected chi connectivity index (χ4v) is 2.95. The molecule has 0 unspecified atom stereocenters. The number of unbranched alkanes of at least 4 members (excludes halogenated alkanes) is 1. The summed E-state index contributed by atoms with van der Waals surface area (Å²) >= 11 is 0. The van der Waals surface area contributed by atoms with Crippen molar-refractivity contribution in [3.8, 4) is 0 Å². The molecule has 1 amide bonds. The van der Waals surface area contributed by atoms with E-state index < -0.39 is 5.97 Å². The fourth-order valence-electron chi connectivity index (χ4n) is 2.95. The van der Waals surface area contributed by atoms with Gasteiger partial charge in [-0.2, -0.15) is 0 Å². The minimum atomic E-state index is -0.920. The van der Waals surface area contributed by atoms with Crippen molar-refractivity contribution in [2.75, 3.05) is 18.4 Å². The first-order valence-electron chi connectivity index (χ1n) is 7.98. The molecule has 0 spiro atoms. The zero-order chi connectivity index (χ0) is 15.9. The minimum Gasteiger partial charge on any atom is -0.480 e. The van der Waals surface area contributed by atoms with Crippen molar-refractivity contribution in [3.63, 3.8) is 0 Å². The van der Waals surface area contributed by atoms with Crippen LogP contribution in [0.1, 0.15) is 49.4 Å². The number of hydrogen-bond donors (Lipinski definition) is 2. The maximum absolute atomic E-state index is 12.7. The Kier molecular flexibility index (Phi) is 5.81. The number of likely N-dealkylation sites (tertiary alicyclic amines) is 1. The molecule has 2 rings (SSSR count). The summed E-state index contributed by atoms with van der Waals surface area (Å²) in [5, 5.41) is 11.5. The highest BCUT2D eigenvalue weighted by atomic mass is 16.4. The molecule has 0 aromatic heterocycles. The molecule has 1 aromatic carbocycles. The van der Waals surface area contributed by atoms with Gasteiger partial charge in [-0.25, -0.2) is 0 Å². The normalized spacial score (nSPS) is 17.5. The van der Waals surface area contributed by atoms with Crippen LogP contribution in [0.3, 0.4) is 0 Å². The molecule has 2 N–H and O–H groups in total. The first kappa shape index (κ1) is 16.3. The van der Waals surface area contributed by atoms with Crippen LogP contribution >= 0.6 is 0 Å². The first-order valence-corrected chi connectivity index (χ1v) is 7.98. The second kappa shape index (κ2) is 7.82. The Morgan fingerprint density at radius 3 is 2.95 bits per heavy atom. The first-order chi connectivity index (χ1) is 10.6. The monoisotopic (exact) mass is 304 g/mol. The van der Waals surface area contributed by atoms with Crippen molar-refractivity contribution in [1.29, 1.82) is 0 Å². The third-order valence-electron chi connectivity index (χ3n) is 4.08. The number of nitrogens with one attached hydrogen (secondary N) is 1. The van der Waals surface area contributed by atoms with E-state index in [4.69, 9.17) is 5.11 Å². The lowest BCUT2D eigenvalue weighted by Gasteiger charge is -2.25. The molecule has 1 aliphatic heterocycles. The van der Waals surface area contributed by atoms with Crippen molar-refractivity contribution in [1.82, 2.24) is 4.90 Å². The molecule has 1 aliphatic rings. The summed E-state index contributed by atoms with van der Waals surface area (Å²) in [4.78, 5) is 25.3. The van der Waals surface area contributed by atoms with Crippen LogP contribution in [-0.2, 0) is 4.79 Å². The van der Waals surface area contributed by atoms with Crippen molar-refractivity contribution < 1.29 is 14.7 Å². The number of aliphatic carboxylic acids is 1. The number of carbonyl (C=O) groups is 2. The molecule has 0 bridgehead atoms. The Labute approximate surface area is 131 Å². The molecule has 1 saturated heterocycles. The summed E-state index contributed by atoms with van der Waals surface area (Å²) in [6.45, 7) is 2.83. The van der Waals surface area contributed by atoms with E-state index in [0.717, 1.165) is 38.6 Å². The van der Waals surface area contributed by atoms with Gasteiger partial charge in [0, 0.05) is 23.8 Å². The third-order valence-corrected chi connectivity index (χ3v) is 4.08. The van der Waals surface area contributed by atoms with E-state index in [1.807, 2.05) is 4.90 Å². The molecule has 120 valence electrons. The highest BCUT2D eigenvalue weighted by Crippen LogP contribution is 2.24. The summed E-state index contributed by atoms with van der Waals surface area (Å²) in [5.74, 6) is -0.867. The molecular weight excluding hydrogens is 280 g/mol. The summed E-state index contributed by atoms with van der Waals surface area (Å²) < 4.78 is 0. The van der Waals surface area contributed by atoms with Gasteiger partial charge in [0.2, 0.25) is 0 Å². The Morgan fingerprint density at radius 2 is 2.23 bits per heavy atom. The minimum absolute atomic E-state index is 0.0533. The lowest BCUT2D eigenvalue weighted by molar-refractivity contribution is -0.134. The largest absolute Gasteiger partial charge is 0.480 e. The zero-order valence-electron chi connectivity index (χ0n) is 13.0. The molecule has 1 fully saturated rings. The van der Waals surface area contributed by atoms with Crippen LogP contribution in [0.4, 0.5) is 5.69 Å². The highest BCUT2D eigenvalue weighted by Gasteiger charge is 2.28. The number of carbonyl (C=O) groups excluding carboxylic acids is 1. The number of rotatable bonds is 7. The Bertz CT molecular complexity index is 530. The lowest BCUT2D eigenvalue weighted by atomic mass is 10.1. The second-order valence-corrected chi connectivity index (χ2v) is 5.76. The molecule has 0 radical (unpaired) electrons. The number of carboxylic acids is 1. The van der Waals surface area contributed by atoms with Gasteiger partial charge < -0.3 is 15.3 Å². The van der Waals surface area contributed by atoms with Crippen LogP contribution < -0.4 is 5.32 Å². The maximum atomic E-state index is 12.7. The van der Waals surface area contributed by atoms with Gasteiger partial charge in [0.1, 0.15) is 6.54 Å². The van der Waals surface area contributed by atoms with E-state index in [0.29, 0.717) is 17.3 Å². The van der Waals surface area contributed by atoms with Crippen molar-refractivity contribution in [3.05, 3.63) is 29.8 Å². The topological polar surface area (TPSA) is 69.6 Å². The third kappa shape index (κ3) is 4.23. The average Bonchev–Trinajstić information content (AvgIpc) is 2.99. The number of benzene rings is 1. The number of hydrogen-bond acceptors (Lipinski definition) is 3. The van der Waals surface area contributed by atoms with Crippen LogP contribution in [0.5, 0.6) is 0 Å². The summed E-state index contributed by atoms with van der Waals surface area (Å²) in [6, 6.07) is 7.44. The van der Waals surface area contributed by atoms with Gasteiger partial charge in [0.25, 0.3) is 5.91 Å². The predicted octanol–water partition coefficient (Wildman–Crippen LogP) is 2.98. The molecule has 0 saturated carbocycles.